The van der Waals surface area contributed by atoms with Gasteiger partial charge in [0.25, 0.3) is 0 Å². The molecule has 0 fully saturated rings. The number of aryl methyl sites for hydroxylation is 1. The Morgan fingerprint density at radius 3 is 2.83 bits per heavy atom. The molecule has 0 aliphatic heterocycles. The molecule has 0 saturated heterocycles. The molecule has 6 nitrogen and oxygen atoms in total. The Morgan fingerprint density at radius 1 is 1.28 bits per heavy atom. The summed E-state index contributed by atoms with van der Waals surface area (Å²) in [5.41, 5.74) is 0.859. The van der Waals surface area contributed by atoms with Crippen LogP contribution in [0.25, 0.3) is 10.9 Å². The van der Waals surface area contributed by atoms with Crippen LogP contribution in [0.3, 0.4) is 0 Å². The second kappa shape index (κ2) is 5.38. The number of benzene rings is 1. The summed E-state index contributed by atoms with van der Waals surface area (Å²) in [4.78, 5) is 0. The second-order valence-corrected chi connectivity index (χ2v) is 4.77. The molecule has 2 rings (SSSR count). The van der Waals surface area contributed by atoms with E-state index >= 15 is 0 Å². The molecule has 18 heavy (non-hydrogen) atoms. The number of hydrogen-bond acceptors (Lipinski definition) is 5. The Morgan fingerprint density at radius 2 is 2.06 bits per heavy atom. The number of aromatic nitrogens is 2. The van der Waals surface area contributed by atoms with Gasteiger partial charge in [0, 0.05) is 23.0 Å². The molecule has 0 spiro atoms. The first kappa shape index (κ1) is 12.9. The fourth-order valence-electron chi connectivity index (χ4n) is 1.57. The third kappa shape index (κ3) is 3.73. The molecule has 0 saturated carbocycles. The van der Waals surface area contributed by atoms with Crippen LogP contribution >= 0.6 is 0 Å². The van der Waals surface area contributed by atoms with Gasteiger partial charge in [-0.2, -0.15) is 0 Å². The van der Waals surface area contributed by atoms with E-state index in [2.05, 4.69) is 9.28 Å². The van der Waals surface area contributed by atoms with Crippen LogP contribution in [0.2, 0.25) is 0 Å². The summed E-state index contributed by atoms with van der Waals surface area (Å²) in [5.74, 6) is 0. The molecular formula is C11H12N2O4S. The zero-order chi connectivity index (χ0) is 13.0. The molecule has 0 atom stereocenters. The predicted octanol–water partition coefficient (Wildman–Crippen LogP) is 0.389. The summed E-state index contributed by atoms with van der Waals surface area (Å²) in [6.07, 6.45) is 2.20. The highest BCUT2D eigenvalue weighted by atomic mass is 32.3. The number of fused-ring (bicyclic) bond motifs is 1. The van der Waals surface area contributed by atoms with E-state index < -0.39 is 10.4 Å². The van der Waals surface area contributed by atoms with E-state index in [9.17, 15) is 13.0 Å². The van der Waals surface area contributed by atoms with Crippen molar-refractivity contribution in [1.82, 2.24) is 5.10 Å². The summed E-state index contributed by atoms with van der Waals surface area (Å²) in [6.45, 7) is 0.355. The van der Waals surface area contributed by atoms with Gasteiger partial charge in [-0.3, -0.25) is 4.18 Å². The van der Waals surface area contributed by atoms with E-state index in [0.29, 0.717) is 13.0 Å². The Hall–Kier alpha value is -1.57. The molecule has 0 N–H and O–H groups in total. The first-order valence-corrected chi connectivity index (χ1v) is 6.74. The minimum absolute atomic E-state index is 0.132. The zero-order valence-electron chi connectivity index (χ0n) is 9.52. The third-order valence-electron chi connectivity index (χ3n) is 2.36. The highest BCUT2D eigenvalue weighted by Crippen LogP contribution is 2.06. The van der Waals surface area contributed by atoms with Crippen molar-refractivity contribution in [2.75, 3.05) is 6.61 Å². The Labute approximate surface area is 105 Å². The maximum Gasteiger partial charge on any atom is 0.217 e. The lowest BCUT2D eigenvalue weighted by molar-refractivity contribution is -0.752. The van der Waals surface area contributed by atoms with E-state index in [4.69, 9.17) is 0 Å². The fourth-order valence-corrected chi connectivity index (χ4v) is 1.89. The summed E-state index contributed by atoms with van der Waals surface area (Å²) in [5, 5.41) is 5.38. The van der Waals surface area contributed by atoms with Crippen molar-refractivity contribution in [2.45, 2.75) is 13.0 Å². The fraction of sp³-hybridized carbons (Fsp3) is 0.273. The van der Waals surface area contributed by atoms with Gasteiger partial charge in [0.05, 0.1) is 6.61 Å². The monoisotopic (exact) mass is 268 g/mol. The highest BCUT2D eigenvalue weighted by Gasteiger charge is 2.05. The molecule has 0 amide bonds. The SMILES string of the molecule is O=S(=O)([O-])OCCC[n+]1ccc2ccccc2n1. The van der Waals surface area contributed by atoms with E-state index in [0.717, 1.165) is 10.9 Å². The van der Waals surface area contributed by atoms with Gasteiger partial charge in [-0.25, -0.2) is 8.42 Å². The summed E-state index contributed by atoms with van der Waals surface area (Å²) in [6, 6.07) is 9.60. The average Bonchev–Trinajstić information content (AvgIpc) is 2.33. The van der Waals surface area contributed by atoms with Gasteiger partial charge in [0.2, 0.25) is 10.4 Å². The van der Waals surface area contributed by atoms with Gasteiger partial charge in [-0.05, 0) is 6.07 Å². The Bertz CT molecular complexity index is 642. The smallest absolute Gasteiger partial charge is 0.217 e. The van der Waals surface area contributed by atoms with Gasteiger partial charge in [-0.1, -0.05) is 22.9 Å². The number of hydrogen-bond donors (Lipinski definition) is 0. The van der Waals surface area contributed by atoms with Crippen molar-refractivity contribution >= 4 is 21.3 Å². The molecule has 1 heterocycles. The first-order valence-electron chi connectivity index (χ1n) is 5.40. The van der Waals surface area contributed by atoms with E-state index in [1.807, 2.05) is 30.3 Å². The third-order valence-corrected chi connectivity index (χ3v) is 2.81. The van der Waals surface area contributed by atoms with Gasteiger partial charge < -0.3 is 4.55 Å². The molecule has 0 radical (unpaired) electrons. The van der Waals surface area contributed by atoms with Crippen molar-refractivity contribution in [3.8, 4) is 0 Å². The number of nitrogens with zero attached hydrogens (tertiary/aromatic N) is 2. The standard InChI is InChI=1S/C11H12N2O4S/c14-18(15,16)17-9-3-7-13-8-6-10-4-1-2-5-11(10)12-13/h1-2,4-6,8H,3,7,9H2. The molecule has 1 aromatic heterocycles. The molecule has 96 valence electrons. The lowest BCUT2D eigenvalue weighted by Gasteiger charge is -2.05. The zero-order valence-corrected chi connectivity index (χ0v) is 10.3. The molecule has 1 aromatic carbocycles. The molecule has 0 bridgehead atoms. The van der Waals surface area contributed by atoms with Gasteiger partial charge in [0.1, 0.15) is 5.52 Å². The van der Waals surface area contributed by atoms with Crippen molar-refractivity contribution in [3.63, 3.8) is 0 Å². The largest absolute Gasteiger partial charge is 0.726 e. The van der Waals surface area contributed by atoms with Crippen LogP contribution in [0.5, 0.6) is 0 Å². The highest BCUT2D eigenvalue weighted by molar-refractivity contribution is 7.80. The quantitative estimate of drug-likeness (QED) is 0.339. The van der Waals surface area contributed by atoms with Crippen LogP contribution in [0.1, 0.15) is 6.42 Å². The van der Waals surface area contributed by atoms with E-state index in [1.165, 1.54) is 0 Å². The lowest BCUT2D eigenvalue weighted by atomic mass is 10.2. The van der Waals surface area contributed by atoms with Crippen LogP contribution in [-0.2, 0) is 21.1 Å². The molecule has 0 aliphatic rings. The summed E-state index contributed by atoms with van der Waals surface area (Å²) < 4.78 is 36.4. The van der Waals surface area contributed by atoms with Crippen LogP contribution in [0.15, 0.2) is 36.5 Å². The Kier molecular flexibility index (Phi) is 3.85. The molecular weight excluding hydrogens is 256 g/mol. The topological polar surface area (TPSA) is 83.2 Å². The van der Waals surface area contributed by atoms with E-state index in [1.54, 1.807) is 10.9 Å². The van der Waals surface area contributed by atoms with Gasteiger partial charge in [-0.15, -0.1) is 0 Å². The minimum atomic E-state index is -4.59. The van der Waals surface area contributed by atoms with Crippen LogP contribution in [0.4, 0.5) is 0 Å². The average molecular weight is 268 g/mol. The maximum absolute atomic E-state index is 10.2. The predicted molar refractivity (Wildman–Crippen MR) is 62.2 cm³/mol. The number of rotatable bonds is 5. The van der Waals surface area contributed by atoms with Crippen molar-refractivity contribution in [1.29, 1.82) is 0 Å². The normalized spacial score (nSPS) is 11.8. The maximum atomic E-state index is 10.2. The van der Waals surface area contributed by atoms with Gasteiger partial charge in [0.15, 0.2) is 12.7 Å². The van der Waals surface area contributed by atoms with Crippen LogP contribution in [-0.4, -0.2) is 24.7 Å². The van der Waals surface area contributed by atoms with Crippen molar-refractivity contribution in [3.05, 3.63) is 36.5 Å². The summed E-state index contributed by atoms with van der Waals surface area (Å²) in [7, 11) is -4.59. The van der Waals surface area contributed by atoms with Crippen LogP contribution in [0, 0.1) is 0 Å². The summed E-state index contributed by atoms with van der Waals surface area (Å²) >= 11 is 0. The Balaban J connectivity index is 1.96. The van der Waals surface area contributed by atoms with Gasteiger partial charge >= 0.3 is 0 Å². The first-order chi connectivity index (χ1) is 8.54. The van der Waals surface area contributed by atoms with Crippen molar-refractivity contribution in [2.24, 2.45) is 0 Å². The lowest BCUT2D eigenvalue weighted by Crippen LogP contribution is -2.38. The van der Waals surface area contributed by atoms with Crippen molar-refractivity contribution < 1.29 is 21.8 Å². The molecule has 0 aliphatic carbocycles. The molecule has 7 heteroatoms. The van der Waals surface area contributed by atoms with Crippen LogP contribution < -0.4 is 4.68 Å². The van der Waals surface area contributed by atoms with E-state index in [-0.39, 0.29) is 6.61 Å². The molecule has 0 unspecified atom stereocenters. The molecule has 2 aromatic rings. The minimum Gasteiger partial charge on any atom is -0.726 e. The second-order valence-electron chi connectivity index (χ2n) is 3.72.